The van der Waals surface area contributed by atoms with Crippen LogP contribution in [0.4, 0.5) is 11.5 Å². The van der Waals surface area contributed by atoms with Crippen molar-refractivity contribution < 1.29 is 5.11 Å². The minimum absolute atomic E-state index is 0.547. The molecule has 0 atom stereocenters. The number of anilines is 2. The van der Waals surface area contributed by atoms with E-state index in [0.717, 1.165) is 43.1 Å². The quantitative estimate of drug-likeness (QED) is 0.764. The Bertz CT molecular complexity index is 400. The van der Waals surface area contributed by atoms with Gasteiger partial charge in [-0.25, -0.2) is 4.98 Å². The van der Waals surface area contributed by atoms with E-state index in [4.69, 9.17) is 0 Å². The maximum atomic E-state index is 10.6. The molecule has 3 N–H and O–H groups in total. The first-order valence-electron chi connectivity index (χ1n) is 7.25. The second kappa shape index (κ2) is 6.24. The Labute approximate surface area is 115 Å². The second-order valence-electron chi connectivity index (χ2n) is 5.61. The van der Waals surface area contributed by atoms with Crippen molar-refractivity contribution in [1.29, 1.82) is 0 Å². The summed E-state index contributed by atoms with van der Waals surface area (Å²) in [6.45, 7) is 2.86. The first-order valence-corrected chi connectivity index (χ1v) is 7.25. The molecule has 1 fully saturated rings. The van der Waals surface area contributed by atoms with Crippen molar-refractivity contribution in [3.05, 3.63) is 18.3 Å². The van der Waals surface area contributed by atoms with E-state index in [9.17, 15) is 5.11 Å². The van der Waals surface area contributed by atoms with E-state index >= 15 is 0 Å². The highest BCUT2D eigenvalue weighted by atomic mass is 16.3. The molecule has 4 heteroatoms. The fourth-order valence-corrected chi connectivity index (χ4v) is 2.74. The van der Waals surface area contributed by atoms with Gasteiger partial charge in [0, 0.05) is 31.5 Å². The number of hydrogen-bond acceptors (Lipinski definition) is 4. The van der Waals surface area contributed by atoms with Crippen molar-refractivity contribution in [2.45, 2.75) is 44.6 Å². The van der Waals surface area contributed by atoms with Crippen molar-refractivity contribution in [2.24, 2.45) is 5.92 Å². The highest BCUT2D eigenvalue weighted by Gasteiger charge is 2.32. The molecule has 0 aromatic carbocycles. The van der Waals surface area contributed by atoms with Crippen LogP contribution in [-0.4, -0.2) is 29.3 Å². The van der Waals surface area contributed by atoms with Crippen molar-refractivity contribution >= 4 is 11.5 Å². The summed E-state index contributed by atoms with van der Waals surface area (Å²) in [6.07, 6.45) is 7.11. The fraction of sp³-hybridized carbons (Fsp3) is 0.667. The molecular weight excluding hydrogens is 238 g/mol. The summed E-state index contributed by atoms with van der Waals surface area (Å²) in [7, 11) is 1.85. The molecule has 0 unspecified atom stereocenters. The molecule has 0 aliphatic heterocycles. The Morgan fingerprint density at radius 3 is 2.79 bits per heavy atom. The van der Waals surface area contributed by atoms with Gasteiger partial charge in [-0.05, 0) is 37.7 Å². The average Bonchev–Trinajstić information content (AvgIpc) is 2.46. The number of rotatable bonds is 5. The van der Waals surface area contributed by atoms with Crippen LogP contribution in [0.5, 0.6) is 0 Å². The van der Waals surface area contributed by atoms with Crippen LogP contribution in [-0.2, 0) is 0 Å². The van der Waals surface area contributed by atoms with Gasteiger partial charge in [0.15, 0.2) is 0 Å². The Kier molecular flexibility index (Phi) is 4.64. The monoisotopic (exact) mass is 263 g/mol. The van der Waals surface area contributed by atoms with Crippen LogP contribution in [0.2, 0.25) is 0 Å². The summed E-state index contributed by atoms with van der Waals surface area (Å²) in [5.74, 6) is 1.64. The fourth-order valence-electron chi connectivity index (χ4n) is 2.74. The van der Waals surface area contributed by atoms with E-state index in [-0.39, 0.29) is 0 Å². The third-order valence-electron chi connectivity index (χ3n) is 4.25. The van der Waals surface area contributed by atoms with Gasteiger partial charge < -0.3 is 15.7 Å². The lowest BCUT2D eigenvalue weighted by Gasteiger charge is -2.36. The van der Waals surface area contributed by atoms with Crippen LogP contribution in [0.15, 0.2) is 18.3 Å². The van der Waals surface area contributed by atoms with Crippen molar-refractivity contribution in [3.8, 4) is 0 Å². The molecule has 106 valence electrons. The third-order valence-corrected chi connectivity index (χ3v) is 4.25. The molecule has 1 aromatic heterocycles. The topological polar surface area (TPSA) is 57.2 Å². The molecule has 0 amide bonds. The van der Waals surface area contributed by atoms with E-state index in [1.54, 1.807) is 6.20 Å². The maximum Gasteiger partial charge on any atom is 0.127 e. The maximum absolute atomic E-state index is 10.6. The average molecular weight is 263 g/mol. The lowest BCUT2D eigenvalue weighted by Crippen LogP contribution is -2.40. The Hall–Kier alpha value is -1.29. The standard InChI is InChI=1S/C15H25N3O/c1-3-12-4-7-15(19,8-5-12)11-18-13-6-9-17-14(10-13)16-2/h6,9-10,12,19H,3-5,7-8,11H2,1-2H3,(H2,16,17,18). The SMILES string of the molecule is CCC1CCC(O)(CNc2ccnc(NC)c2)CC1. The van der Waals surface area contributed by atoms with Crippen LogP contribution in [0.1, 0.15) is 39.0 Å². The molecule has 1 aliphatic carbocycles. The zero-order valence-electron chi connectivity index (χ0n) is 11.9. The van der Waals surface area contributed by atoms with Gasteiger partial charge in [-0.3, -0.25) is 0 Å². The van der Waals surface area contributed by atoms with Gasteiger partial charge >= 0.3 is 0 Å². The van der Waals surface area contributed by atoms with Crippen molar-refractivity contribution in [2.75, 3.05) is 24.2 Å². The number of nitrogens with zero attached hydrogens (tertiary/aromatic N) is 1. The molecule has 0 radical (unpaired) electrons. The Morgan fingerprint density at radius 2 is 2.16 bits per heavy atom. The van der Waals surface area contributed by atoms with Gasteiger partial charge in [0.1, 0.15) is 5.82 Å². The largest absolute Gasteiger partial charge is 0.388 e. The number of aromatic nitrogens is 1. The van der Waals surface area contributed by atoms with Crippen molar-refractivity contribution in [3.63, 3.8) is 0 Å². The molecule has 0 saturated heterocycles. The highest BCUT2D eigenvalue weighted by molar-refractivity contribution is 5.51. The van der Waals surface area contributed by atoms with E-state index in [1.165, 1.54) is 6.42 Å². The van der Waals surface area contributed by atoms with Gasteiger partial charge in [0.05, 0.1) is 5.60 Å². The van der Waals surface area contributed by atoms with E-state index in [1.807, 2.05) is 19.2 Å². The number of nitrogens with one attached hydrogen (secondary N) is 2. The zero-order chi connectivity index (χ0) is 13.7. The minimum Gasteiger partial charge on any atom is -0.388 e. The smallest absolute Gasteiger partial charge is 0.127 e. The zero-order valence-corrected chi connectivity index (χ0v) is 11.9. The van der Waals surface area contributed by atoms with Gasteiger partial charge in [0.2, 0.25) is 0 Å². The van der Waals surface area contributed by atoms with Gasteiger partial charge in [-0.1, -0.05) is 13.3 Å². The number of hydrogen-bond donors (Lipinski definition) is 3. The van der Waals surface area contributed by atoms with Gasteiger partial charge in [-0.15, -0.1) is 0 Å². The summed E-state index contributed by atoms with van der Waals surface area (Å²) in [5.41, 5.74) is 0.458. The van der Waals surface area contributed by atoms with Crippen LogP contribution in [0, 0.1) is 5.92 Å². The third kappa shape index (κ3) is 3.83. The molecule has 19 heavy (non-hydrogen) atoms. The molecule has 0 spiro atoms. The Morgan fingerprint density at radius 1 is 1.42 bits per heavy atom. The summed E-state index contributed by atoms with van der Waals surface area (Å²) in [6, 6.07) is 3.89. The highest BCUT2D eigenvalue weighted by Crippen LogP contribution is 2.33. The molecule has 1 aliphatic rings. The first kappa shape index (κ1) is 14.1. The lowest BCUT2D eigenvalue weighted by atomic mass is 9.78. The first-order chi connectivity index (χ1) is 9.15. The minimum atomic E-state index is -0.547. The molecule has 1 saturated carbocycles. The molecule has 0 bridgehead atoms. The van der Waals surface area contributed by atoms with Crippen LogP contribution in [0.3, 0.4) is 0 Å². The lowest BCUT2D eigenvalue weighted by molar-refractivity contribution is 0.00229. The van der Waals surface area contributed by atoms with Crippen molar-refractivity contribution in [1.82, 2.24) is 4.98 Å². The van der Waals surface area contributed by atoms with Gasteiger partial charge in [0.25, 0.3) is 0 Å². The number of pyridine rings is 1. The summed E-state index contributed by atoms with van der Waals surface area (Å²) >= 11 is 0. The summed E-state index contributed by atoms with van der Waals surface area (Å²) in [5, 5.41) is 16.9. The van der Waals surface area contributed by atoms with Crippen LogP contribution >= 0.6 is 0 Å². The van der Waals surface area contributed by atoms with E-state index in [0.29, 0.717) is 6.54 Å². The Balaban J connectivity index is 1.87. The molecular formula is C15H25N3O. The summed E-state index contributed by atoms with van der Waals surface area (Å²) in [4.78, 5) is 4.18. The molecule has 4 nitrogen and oxygen atoms in total. The van der Waals surface area contributed by atoms with E-state index in [2.05, 4.69) is 22.5 Å². The van der Waals surface area contributed by atoms with Gasteiger partial charge in [-0.2, -0.15) is 0 Å². The molecule has 1 aromatic rings. The predicted octanol–water partition coefficient (Wildman–Crippen LogP) is 2.87. The summed E-state index contributed by atoms with van der Waals surface area (Å²) < 4.78 is 0. The van der Waals surface area contributed by atoms with Crippen LogP contribution in [0.25, 0.3) is 0 Å². The number of aliphatic hydroxyl groups is 1. The predicted molar refractivity (Wildman–Crippen MR) is 79.5 cm³/mol. The molecule has 2 rings (SSSR count). The normalized spacial score (nSPS) is 27.0. The molecule has 1 heterocycles. The van der Waals surface area contributed by atoms with E-state index < -0.39 is 5.60 Å². The van der Waals surface area contributed by atoms with Crippen LogP contribution < -0.4 is 10.6 Å². The second-order valence-corrected chi connectivity index (χ2v) is 5.61.